The SMILES string of the molecule is CCNC(=NCC(=O)NC(C)(C)C)NC1CC1C1CCCCC1. The predicted octanol–water partition coefficient (Wildman–Crippen LogP) is 2.42. The Morgan fingerprint density at radius 2 is 1.87 bits per heavy atom. The number of hydrogen-bond donors (Lipinski definition) is 3. The maximum Gasteiger partial charge on any atom is 0.242 e. The first-order chi connectivity index (χ1) is 10.9. The van der Waals surface area contributed by atoms with Crippen molar-refractivity contribution in [3.05, 3.63) is 0 Å². The van der Waals surface area contributed by atoms with E-state index in [-0.39, 0.29) is 18.0 Å². The minimum absolute atomic E-state index is 0.0330. The van der Waals surface area contributed by atoms with Crippen LogP contribution < -0.4 is 16.0 Å². The van der Waals surface area contributed by atoms with Gasteiger partial charge in [0.05, 0.1) is 0 Å². The lowest BCUT2D eigenvalue weighted by Crippen LogP contribution is -2.43. The van der Waals surface area contributed by atoms with Crippen molar-refractivity contribution in [1.82, 2.24) is 16.0 Å². The van der Waals surface area contributed by atoms with Crippen molar-refractivity contribution in [3.63, 3.8) is 0 Å². The quantitative estimate of drug-likeness (QED) is 0.538. The summed E-state index contributed by atoms with van der Waals surface area (Å²) in [6.07, 6.45) is 8.25. The third kappa shape index (κ3) is 6.40. The van der Waals surface area contributed by atoms with Crippen LogP contribution in [0.3, 0.4) is 0 Å². The van der Waals surface area contributed by atoms with Crippen LogP contribution in [-0.2, 0) is 4.79 Å². The highest BCUT2D eigenvalue weighted by Crippen LogP contribution is 2.44. The van der Waals surface area contributed by atoms with E-state index < -0.39 is 0 Å². The second-order valence-electron chi connectivity index (χ2n) is 8.04. The number of amides is 1. The molecule has 3 N–H and O–H groups in total. The van der Waals surface area contributed by atoms with Crippen molar-refractivity contribution in [2.45, 2.75) is 77.8 Å². The summed E-state index contributed by atoms with van der Waals surface area (Å²) in [5.74, 6) is 2.45. The third-order valence-corrected chi connectivity index (χ3v) is 4.66. The minimum Gasteiger partial charge on any atom is -0.357 e. The highest BCUT2D eigenvalue weighted by Gasteiger charge is 2.43. The summed E-state index contributed by atoms with van der Waals surface area (Å²) < 4.78 is 0. The van der Waals surface area contributed by atoms with Gasteiger partial charge in [0.25, 0.3) is 0 Å². The summed E-state index contributed by atoms with van der Waals surface area (Å²) in [5, 5.41) is 9.72. The molecule has 0 saturated heterocycles. The molecule has 1 amide bonds. The highest BCUT2D eigenvalue weighted by atomic mass is 16.2. The first kappa shape index (κ1) is 18.1. The number of carbonyl (C=O) groups excluding carboxylic acids is 1. The Hall–Kier alpha value is -1.26. The first-order valence-corrected chi connectivity index (χ1v) is 9.25. The van der Waals surface area contributed by atoms with Gasteiger partial charge in [-0.15, -0.1) is 0 Å². The lowest BCUT2D eigenvalue weighted by molar-refractivity contribution is -0.121. The van der Waals surface area contributed by atoms with E-state index >= 15 is 0 Å². The normalized spacial score (nSPS) is 25.8. The van der Waals surface area contributed by atoms with Crippen LogP contribution in [0.15, 0.2) is 4.99 Å². The molecule has 2 unspecified atom stereocenters. The van der Waals surface area contributed by atoms with Crippen LogP contribution in [0, 0.1) is 11.8 Å². The number of nitrogens with one attached hydrogen (secondary N) is 3. The topological polar surface area (TPSA) is 65.5 Å². The molecule has 132 valence electrons. The summed E-state index contributed by atoms with van der Waals surface area (Å²) in [7, 11) is 0. The third-order valence-electron chi connectivity index (χ3n) is 4.66. The zero-order valence-corrected chi connectivity index (χ0v) is 15.2. The summed E-state index contributed by atoms with van der Waals surface area (Å²) in [6, 6.07) is 0.543. The van der Waals surface area contributed by atoms with Gasteiger partial charge in [0.2, 0.25) is 5.91 Å². The van der Waals surface area contributed by atoms with Gasteiger partial charge in [0.1, 0.15) is 6.54 Å². The molecule has 0 aliphatic heterocycles. The fourth-order valence-corrected chi connectivity index (χ4v) is 3.57. The number of rotatable bonds is 5. The molecule has 5 nitrogen and oxygen atoms in total. The van der Waals surface area contributed by atoms with E-state index in [1.165, 1.54) is 38.5 Å². The van der Waals surface area contributed by atoms with Crippen LogP contribution in [-0.4, -0.2) is 36.5 Å². The maximum atomic E-state index is 11.9. The lowest BCUT2D eigenvalue weighted by Gasteiger charge is -2.22. The Kier molecular flexibility index (Phi) is 6.31. The van der Waals surface area contributed by atoms with Crippen molar-refractivity contribution in [2.24, 2.45) is 16.8 Å². The number of carbonyl (C=O) groups is 1. The monoisotopic (exact) mass is 322 g/mol. The Bertz CT molecular complexity index is 421. The molecule has 0 aromatic carbocycles. The standard InChI is InChI=1S/C18H34N4O/c1-5-19-17(20-12-16(23)22-18(2,3)4)21-15-11-14(15)13-9-7-6-8-10-13/h13-15H,5-12H2,1-4H3,(H,22,23)(H2,19,20,21). The van der Waals surface area contributed by atoms with E-state index in [0.29, 0.717) is 6.04 Å². The van der Waals surface area contributed by atoms with Crippen molar-refractivity contribution in [3.8, 4) is 0 Å². The van der Waals surface area contributed by atoms with Crippen LogP contribution in [0.25, 0.3) is 0 Å². The molecule has 2 rings (SSSR count). The second-order valence-corrected chi connectivity index (χ2v) is 8.04. The largest absolute Gasteiger partial charge is 0.357 e. The molecule has 0 radical (unpaired) electrons. The fraction of sp³-hybridized carbons (Fsp3) is 0.889. The molecule has 0 spiro atoms. The van der Waals surface area contributed by atoms with Gasteiger partial charge in [0.15, 0.2) is 5.96 Å². The summed E-state index contributed by atoms with van der Waals surface area (Å²) >= 11 is 0. The molecule has 2 saturated carbocycles. The molecular weight excluding hydrogens is 288 g/mol. The van der Waals surface area contributed by atoms with Crippen molar-refractivity contribution in [1.29, 1.82) is 0 Å². The first-order valence-electron chi connectivity index (χ1n) is 9.25. The molecule has 23 heavy (non-hydrogen) atoms. The number of hydrogen-bond acceptors (Lipinski definition) is 2. The van der Waals surface area contributed by atoms with Gasteiger partial charge in [-0.1, -0.05) is 32.1 Å². The Morgan fingerprint density at radius 3 is 2.48 bits per heavy atom. The van der Waals surface area contributed by atoms with Crippen LogP contribution in [0.2, 0.25) is 0 Å². The van der Waals surface area contributed by atoms with E-state index in [4.69, 9.17) is 0 Å². The number of aliphatic imine (C=N–C) groups is 1. The summed E-state index contributed by atoms with van der Waals surface area (Å²) in [4.78, 5) is 16.3. The average Bonchev–Trinajstić information content (AvgIpc) is 3.23. The molecule has 0 bridgehead atoms. The number of nitrogens with zero attached hydrogens (tertiary/aromatic N) is 1. The van der Waals surface area contributed by atoms with Crippen molar-refractivity contribution in [2.75, 3.05) is 13.1 Å². The zero-order valence-electron chi connectivity index (χ0n) is 15.2. The molecule has 0 aromatic heterocycles. The van der Waals surface area contributed by atoms with Gasteiger partial charge in [-0.05, 0) is 46.0 Å². The molecule has 5 heteroatoms. The second kappa shape index (κ2) is 8.02. The van der Waals surface area contributed by atoms with Gasteiger partial charge in [0, 0.05) is 18.1 Å². The van der Waals surface area contributed by atoms with Gasteiger partial charge in [-0.25, -0.2) is 4.99 Å². The van der Waals surface area contributed by atoms with E-state index in [1.807, 2.05) is 20.8 Å². The Morgan fingerprint density at radius 1 is 1.17 bits per heavy atom. The Labute approximate surface area is 141 Å². The predicted molar refractivity (Wildman–Crippen MR) is 95.5 cm³/mol. The van der Waals surface area contributed by atoms with E-state index in [0.717, 1.165) is 24.3 Å². The zero-order chi connectivity index (χ0) is 16.9. The van der Waals surface area contributed by atoms with Crippen LogP contribution in [0.5, 0.6) is 0 Å². The molecule has 2 aliphatic carbocycles. The molecule has 2 fully saturated rings. The van der Waals surface area contributed by atoms with E-state index in [9.17, 15) is 4.79 Å². The minimum atomic E-state index is -0.207. The van der Waals surface area contributed by atoms with Crippen LogP contribution >= 0.6 is 0 Å². The van der Waals surface area contributed by atoms with Gasteiger partial charge in [-0.3, -0.25) is 4.79 Å². The fourth-order valence-electron chi connectivity index (χ4n) is 3.57. The van der Waals surface area contributed by atoms with Crippen LogP contribution in [0.1, 0.15) is 66.2 Å². The lowest BCUT2D eigenvalue weighted by atomic mass is 9.85. The van der Waals surface area contributed by atoms with Gasteiger partial charge < -0.3 is 16.0 Å². The van der Waals surface area contributed by atoms with E-state index in [1.54, 1.807) is 0 Å². The smallest absolute Gasteiger partial charge is 0.242 e. The molecule has 2 atom stereocenters. The molecule has 0 aromatic rings. The maximum absolute atomic E-state index is 11.9. The van der Waals surface area contributed by atoms with Gasteiger partial charge >= 0.3 is 0 Å². The van der Waals surface area contributed by atoms with Crippen molar-refractivity contribution < 1.29 is 4.79 Å². The molecule has 2 aliphatic rings. The van der Waals surface area contributed by atoms with Crippen LogP contribution in [0.4, 0.5) is 0 Å². The highest BCUT2D eigenvalue weighted by molar-refractivity contribution is 5.85. The molecular formula is C18H34N4O. The average molecular weight is 322 g/mol. The Balaban J connectivity index is 1.79. The van der Waals surface area contributed by atoms with E-state index in [2.05, 4.69) is 27.9 Å². The summed E-state index contributed by atoms with van der Waals surface area (Å²) in [5.41, 5.74) is -0.207. The van der Waals surface area contributed by atoms with Gasteiger partial charge in [-0.2, -0.15) is 0 Å². The van der Waals surface area contributed by atoms with Crippen molar-refractivity contribution >= 4 is 11.9 Å². The molecule has 0 heterocycles. The summed E-state index contributed by atoms with van der Waals surface area (Å²) in [6.45, 7) is 8.99. The number of guanidine groups is 1.